The predicted octanol–water partition coefficient (Wildman–Crippen LogP) is 5.00. The van der Waals surface area contributed by atoms with E-state index in [4.69, 9.17) is 0 Å². The average Bonchev–Trinajstić information content (AvgIpc) is 3.29. The number of alkyl halides is 3. The molecule has 0 atom stereocenters. The highest BCUT2D eigenvalue weighted by atomic mass is 19.4. The van der Waals surface area contributed by atoms with Crippen molar-refractivity contribution in [1.29, 1.82) is 0 Å². The molecule has 3 aromatic heterocycles. The van der Waals surface area contributed by atoms with Crippen LogP contribution in [0.15, 0.2) is 30.7 Å². The van der Waals surface area contributed by atoms with Gasteiger partial charge < -0.3 is 4.98 Å². The molecule has 1 aromatic carbocycles. The maximum Gasteiger partial charge on any atom is 0.433 e. The SMILES string of the molecule is FC(F)(F)c1[nH]ncc1-c1[nH]c2ccc3cncc3c2c2c1CCCC2. The fourth-order valence-electron chi connectivity index (χ4n) is 4.10. The molecular weight excluding hydrogens is 341 g/mol. The van der Waals surface area contributed by atoms with Crippen LogP contribution >= 0.6 is 0 Å². The molecule has 4 aromatic rings. The van der Waals surface area contributed by atoms with Gasteiger partial charge in [-0.1, -0.05) is 6.07 Å². The van der Waals surface area contributed by atoms with Gasteiger partial charge in [-0.3, -0.25) is 10.1 Å². The first-order valence-electron chi connectivity index (χ1n) is 8.55. The normalized spacial score (nSPS) is 14.9. The third-order valence-electron chi connectivity index (χ3n) is 5.22. The van der Waals surface area contributed by atoms with E-state index in [-0.39, 0.29) is 5.56 Å². The van der Waals surface area contributed by atoms with Gasteiger partial charge in [-0.05, 0) is 42.9 Å². The molecule has 7 heteroatoms. The number of aryl methyl sites for hydroxylation is 1. The Morgan fingerprint density at radius 2 is 1.77 bits per heavy atom. The summed E-state index contributed by atoms with van der Waals surface area (Å²) >= 11 is 0. The second-order valence-electron chi connectivity index (χ2n) is 6.72. The van der Waals surface area contributed by atoms with Crippen molar-refractivity contribution in [3.63, 3.8) is 0 Å². The number of aromatic nitrogens is 4. The minimum Gasteiger partial charge on any atom is -0.354 e. The predicted molar refractivity (Wildman–Crippen MR) is 92.8 cm³/mol. The lowest BCUT2D eigenvalue weighted by molar-refractivity contribution is -0.140. The summed E-state index contributed by atoms with van der Waals surface area (Å²) in [5.74, 6) is 0. The summed E-state index contributed by atoms with van der Waals surface area (Å²) < 4.78 is 40.2. The van der Waals surface area contributed by atoms with Gasteiger partial charge in [0.2, 0.25) is 0 Å². The van der Waals surface area contributed by atoms with E-state index in [1.807, 2.05) is 24.5 Å². The van der Waals surface area contributed by atoms with Crippen molar-refractivity contribution in [2.75, 3.05) is 0 Å². The zero-order chi connectivity index (χ0) is 17.9. The lowest BCUT2D eigenvalue weighted by atomic mass is 9.85. The largest absolute Gasteiger partial charge is 0.433 e. The van der Waals surface area contributed by atoms with Crippen LogP contribution in [0.1, 0.15) is 29.7 Å². The van der Waals surface area contributed by atoms with Crippen molar-refractivity contribution in [2.45, 2.75) is 31.9 Å². The van der Waals surface area contributed by atoms with Gasteiger partial charge in [-0.15, -0.1) is 0 Å². The Kier molecular flexibility index (Phi) is 3.16. The van der Waals surface area contributed by atoms with E-state index >= 15 is 0 Å². The molecular formula is C19H15F3N4. The number of halogens is 3. The summed E-state index contributed by atoms with van der Waals surface area (Å²) in [6.45, 7) is 0. The van der Waals surface area contributed by atoms with Gasteiger partial charge in [-0.2, -0.15) is 18.3 Å². The molecule has 2 N–H and O–H groups in total. The van der Waals surface area contributed by atoms with Crippen LogP contribution in [-0.4, -0.2) is 20.2 Å². The number of pyridine rings is 1. The van der Waals surface area contributed by atoms with Crippen LogP contribution < -0.4 is 0 Å². The van der Waals surface area contributed by atoms with E-state index in [1.165, 1.54) is 6.20 Å². The third kappa shape index (κ3) is 2.16. The van der Waals surface area contributed by atoms with Gasteiger partial charge in [0.15, 0.2) is 0 Å². The lowest BCUT2D eigenvalue weighted by Crippen LogP contribution is -2.11. The summed E-state index contributed by atoms with van der Waals surface area (Å²) in [5.41, 5.74) is 2.72. The maximum absolute atomic E-state index is 13.4. The Balaban J connectivity index is 1.88. The van der Waals surface area contributed by atoms with Crippen molar-refractivity contribution >= 4 is 21.7 Å². The summed E-state index contributed by atoms with van der Waals surface area (Å²) in [6.07, 6.45) is 4.05. The van der Waals surface area contributed by atoms with Crippen LogP contribution in [0, 0.1) is 0 Å². The molecule has 0 radical (unpaired) electrons. The molecule has 26 heavy (non-hydrogen) atoms. The van der Waals surface area contributed by atoms with Gasteiger partial charge in [0, 0.05) is 39.6 Å². The number of hydrogen-bond donors (Lipinski definition) is 2. The summed E-state index contributed by atoms with van der Waals surface area (Å²) in [4.78, 5) is 7.51. The van der Waals surface area contributed by atoms with Gasteiger partial charge in [0.25, 0.3) is 0 Å². The zero-order valence-corrected chi connectivity index (χ0v) is 13.7. The van der Waals surface area contributed by atoms with Crippen molar-refractivity contribution in [3.05, 3.63) is 47.5 Å². The molecule has 0 saturated carbocycles. The van der Waals surface area contributed by atoms with Crippen molar-refractivity contribution in [2.24, 2.45) is 0 Å². The van der Waals surface area contributed by atoms with E-state index < -0.39 is 11.9 Å². The fourth-order valence-corrected chi connectivity index (χ4v) is 4.10. The average molecular weight is 356 g/mol. The van der Waals surface area contributed by atoms with E-state index in [0.717, 1.165) is 58.5 Å². The number of nitrogens with zero attached hydrogens (tertiary/aromatic N) is 2. The Hall–Kier alpha value is -2.83. The molecule has 0 aliphatic heterocycles. The summed E-state index contributed by atoms with van der Waals surface area (Å²) in [6, 6.07) is 3.87. The second kappa shape index (κ2) is 5.33. The maximum atomic E-state index is 13.4. The molecule has 0 bridgehead atoms. The standard InChI is InChI=1S/C19H15F3N4/c20-19(21,22)18-14(9-24-26-18)17-12-4-2-1-3-11(12)16-13-8-23-7-10(13)5-6-15(16)25-17/h5-9,25H,1-4H2,(H,24,26). The Labute approximate surface area is 146 Å². The summed E-state index contributed by atoms with van der Waals surface area (Å²) in [5, 5.41) is 8.95. The molecule has 3 heterocycles. The van der Waals surface area contributed by atoms with Crippen molar-refractivity contribution in [3.8, 4) is 11.3 Å². The molecule has 1 aliphatic carbocycles. The molecule has 0 fully saturated rings. The molecule has 1 aliphatic rings. The number of fused-ring (bicyclic) bond motifs is 5. The highest BCUT2D eigenvalue weighted by molar-refractivity contribution is 6.09. The first-order chi connectivity index (χ1) is 12.5. The Bertz CT molecular complexity index is 1140. The minimum absolute atomic E-state index is 0.0817. The van der Waals surface area contributed by atoms with E-state index in [2.05, 4.69) is 20.2 Å². The number of rotatable bonds is 1. The zero-order valence-electron chi connectivity index (χ0n) is 13.7. The van der Waals surface area contributed by atoms with Gasteiger partial charge in [0.1, 0.15) is 5.69 Å². The molecule has 4 nitrogen and oxygen atoms in total. The van der Waals surface area contributed by atoms with E-state index in [0.29, 0.717) is 5.69 Å². The highest BCUT2D eigenvalue weighted by Gasteiger charge is 2.37. The lowest BCUT2D eigenvalue weighted by Gasteiger charge is -2.23. The molecule has 0 unspecified atom stereocenters. The Morgan fingerprint density at radius 3 is 2.58 bits per heavy atom. The molecule has 5 rings (SSSR count). The Morgan fingerprint density at radius 1 is 0.962 bits per heavy atom. The van der Waals surface area contributed by atoms with Crippen LogP contribution in [0.2, 0.25) is 0 Å². The minimum atomic E-state index is -4.48. The topological polar surface area (TPSA) is 57.4 Å². The second-order valence-corrected chi connectivity index (χ2v) is 6.72. The van der Waals surface area contributed by atoms with Crippen LogP contribution in [0.5, 0.6) is 0 Å². The number of benzene rings is 1. The number of aromatic amines is 2. The fraction of sp³-hybridized carbons (Fsp3) is 0.263. The van der Waals surface area contributed by atoms with Gasteiger partial charge in [0.05, 0.1) is 11.9 Å². The monoisotopic (exact) mass is 356 g/mol. The molecule has 132 valence electrons. The molecule has 0 amide bonds. The van der Waals surface area contributed by atoms with Gasteiger partial charge in [-0.25, -0.2) is 0 Å². The molecule has 0 spiro atoms. The number of H-pyrrole nitrogens is 2. The van der Waals surface area contributed by atoms with Crippen LogP contribution in [0.4, 0.5) is 13.2 Å². The quantitative estimate of drug-likeness (QED) is 0.504. The third-order valence-corrected chi connectivity index (χ3v) is 5.22. The highest BCUT2D eigenvalue weighted by Crippen LogP contribution is 2.41. The number of hydrogen-bond acceptors (Lipinski definition) is 2. The van der Waals surface area contributed by atoms with Crippen LogP contribution in [-0.2, 0) is 19.0 Å². The van der Waals surface area contributed by atoms with E-state index in [9.17, 15) is 13.2 Å². The van der Waals surface area contributed by atoms with Crippen LogP contribution in [0.25, 0.3) is 32.9 Å². The first kappa shape index (κ1) is 15.4. The van der Waals surface area contributed by atoms with E-state index in [1.54, 1.807) is 0 Å². The first-order valence-corrected chi connectivity index (χ1v) is 8.55. The smallest absolute Gasteiger partial charge is 0.354 e. The summed E-state index contributed by atoms with van der Waals surface area (Å²) in [7, 11) is 0. The number of nitrogens with one attached hydrogen (secondary N) is 2. The molecule has 0 saturated heterocycles. The van der Waals surface area contributed by atoms with Crippen molar-refractivity contribution in [1.82, 2.24) is 20.2 Å². The van der Waals surface area contributed by atoms with Crippen molar-refractivity contribution < 1.29 is 13.2 Å². The van der Waals surface area contributed by atoms with Crippen LogP contribution in [0.3, 0.4) is 0 Å². The van der Waals surface area contributed by atoms with Gasteiger partial charge >= 0.3 is 6.18 Å².